The fourth-order valence-electron chi connectivity index (χ4n) is 4.03. The van der Waals surface area contributed by atoms with Crippen molar-refractivity contribution < 1.29 is 8.42 Å². The first kappa shape index (κ1) is 18.4. The zero-order valence-corrected chi connectivity index (χ0v) is 17.4. The number of nitrogens with one attached hydrogen (secondary N) is 1. The monoisotopic (exact) mass is 423 g/mol. The molecule has 5 rings (SSSR count). The van der Waals surface area contributed by atoms with Crippen molar-refractivity contribution in [2.24, 2.45) is 0 Å². The SMILES string of the molecule is O=S(=O)(Nc1cccc2ccccc12)c1cn(C2CCCC2)nc1-c1cccs1. The summed E-state index contributed by atoms with van der Waals surface area (Å²) < 4.78 is 31.5. The van der Waals surface area contributed by atoms with Crippen LogP contribution in [0.15, 0.2) is 71.1 Å². The minimum Gasteiger partial charge on any atom is -0.279 e. The summed E-state index contributed by atoms with van der Waals surface area (Å²) in [5.74, 6) is 0. The van der Waals surface area contributed by atoms with Gasteiger partial charge in [-0.25, -0.2) is 8.42 Å². The van der Waals surface area contributed by atoms with Gasteiger partial charge in [-0.05, 0) is 35.7 Å². The van der Waals surface area contributed by atoms with E-state index in [0.29, 0.717) is 11.4 Å². The lowest BCUT2D eigenvalue weighted by Crippen LogP contribution is -2.13. The van der Waals surface area contributed by atoms with Crippen LogP contribution in [0.4, 0.5) is 5.69 Å². The smallest absolute Gasteiger partial charge is 0.265 e. The molecule has 148 valence electrons. The molecule has 29 heavy (non-hydrogen) atoms. The average molecular weight is 424 g/mol. The van der Waals surface area contributed by atoms with Crippen LogP contribution >= 0.6 is 11.3 Å². The molecule has 0 atom stereocenters. The van der Waals surface area contributed by atoms with Gasteiger partial charge in [0.05, 0.1) is 16.6 Å². The Morgan fingerprint density at radius 2 is 1.79 bits per heavy atom. The number of fused-ring (bicyclic) bond motifs is 1. The second kappa shape index (κ2) is 7.31. The second-order valence-electron chi connectivity index (χ2n) is 7.37. The predicted octanol–water partition coefficient (Wildman–Crippen LogP) is 5.68. The van der Waals surface area contributed by atoms with Gasteiger partial charge in [0.1, 0.15) is 10.6 Å². The molecule has 2 heterocycles. The molecular weight excluding hydrogens is 402 g/mol. The van der Waals surface area contributed by atoms with Crippen LogP contribution in [0.5, 0.6) is 0 Å². The van der Waals surface area contributed by atoms with Crippen molar-refractivity contribution in [1.29, 1.82) is 0 Å². The number of thiophene rings is 1. The van der Waals surface area contributed by atoms with E-state index >= 15 is 0 Å². The summed E-state index contributed by atoms with van der Waals surface area (Å²) in [5.41, 5.74) is 1.11. The molecule has 1 aliphatic carbocycles. The molecule has 0 saturated heterocycles. The van der Waals surface area contributed by atoms with Gasteiger partial charge in [0.2, 0.25) is 0 Å². The summed E-state index contributed by atoms with van der Waals surface area (Å²) in [6, 6.07) is 17.5. The zero-order chi connectivity index (χ0) is 19.8. The van der Waals surface area contributed by atoms with Crippen LogP contribution in [0.2, 0.25) is 0 Å². The molecule has 0 amide bonds. The topological polar surface area (TPSA) is 64.0 Å². The molecular formula is C22H21N3O2S2. The molecule has 1 aliphatic rings. The van der Waals surface area contributed by atoms with Crippen LogP contribution in [0.3, 0.4) is 0 Å². The van der Waals surface area contributed by atoms with Crippen molar-refractivity contribution in [3.05, 3.63) is 66.2 Å². The Kier molecular flexibility index (Phi) is 4.64. The van der Waals surface area contributed by atoms with E-state index in [9.17, 15) is 8.42 Å². The summed E-state index contributed by atoms with van der Waals surface area (Å²) in [4.78, 5) is 1.10. The number of rotatable bonds is 5. The van der Waals surface area contributed by atoms with Gasteiger partial charge < -0.3 is 0 Å². The van der Waals surface area contributed by atoms with Crippen molar-refractivity contribution in [2.75, 3.05) is 4.72 Å². The molecule has 0 bridgehead atoms. The molecule has 0 spiro atoms. The maximum atomic E-state index is 13.4. The quantitative estimate of drug-likeness (QED) is 0.449. The molecule has 0 radical (unpaired) electrons. The molecule has 1 fully saturated rings. The van der Waals surface area contributed by atoms with Crippen LogP contribution in [-0.4, -0.2) is 18.2 Å². The standard InChI is InChI=1S/C22H21N3O2S2/c26-29(27,24-19-12-5-8-16-7-1-4-11-18(16)19)21-15-25(17-9-2-3-10-17)23-22(21)20-13-6-14-28-20/h1,4-8,11-15,17,24H,2-3,9-10H2. The third-order valence-electron chi connectivity index (χ3n) is 5.48. The second-order valence-corrected chi connectivity index (χ2v) is 9.97. The van der Waals surface area contributed by atoms with E-state index in [0.717, 1.165) is 41.3 Å². The number of nitrogens with zero attached hydrogens (tertiary/aromatic N) is 2. The molecule has 1 N–H and O–H groups in total. The van der Waals surface area contributed by atoms with Crippen LogP contribution in [0.25, 0.3) is 21.3 Å². The minimum atomic E-state index is -3.80. The highest BCUT2D eigenvalue weighted by Crippen LogP contribution is 2.36. The van der Waals surface area contributed by atoms with Crippen molar-refractivity contribution in [3.8, 4) is 10.6 Å². The average Bonchev–Trinajstić information content (AvgIpc) is 3.48. The molecule has 2 aromatic carbocycles. The maximum absolute atomic E-state index is 13.4. The maximum Gasteiger partial charge on any atom is 0.265 e. The Balaban J connectivity index is 1.59. The van der Waals surface area contributed by atoms with Gasteiger partial charge in [-0.15, -0.1) is 11.3 Å². The minimum absolute atomic E-state index is 0.236. The van der Waals surface area contributed by atoms with E-state index in [1.807, 2.05) is 58.6 Å². The highest BCUT2D eigenvalue weighted by atomic mass is 32.2. The van der Waals surface area contributed by atoms with Crippen molar-refractivity contribution in [1.82, 2.24) is 9.78 Å². The number of sulfonamides is 1. The van der Waals surface area contributed by atoms with Gasteiger partial charge in [0.25, 0.3) is 10.0 Å². The van der Waals surface area contributed by atoms with E-state index in [-0.39, 0.29) is 10.9 Å². The molecule has 5 nitrogen and oxygen atoms in total. The Bertz CT molecular complexity index is 1250. The van der Waals surface area contributed by atoms with Crippen molar-refractivity contribution in [3.63, 3.8) is 0 Å². The highest BCUT2D eigenvalue weighted by Gasteiger charge is 2.28. The lowest BCUT2D eigenvalue weighted by molar-refractivity contribution is 0.467. The zero-order valence-electron chi connectivity index (χ0n) is 15.8. The van der Waals surface area contributed by atoms with E-state index in [1.54, 1.807) is 12.3 Å². The summed E-state index contributed by atoms with van der Waals surface area (Å²) >= 11 is 1.50. The molecule has 4 aromatic rings. The summed E-state index contributed by atoms with van der Waals surface area (Å²) in [5, 5.41) is 8.52. The fourth-order valence-corrected chi connectivity index (χ4v) is 6.04. The first-order valence-electron chi connectivity index (χ1n) is 9.75. The third kappa shape index (κ3) is 3.45. The normalized spacial score (nSPS) is 15.2. The predicted molar refractivity (Wildman–Crippen MR) is 118 cm³/mol. The van der Waals surface area contributed by atoms with E-state index in [4.69, 9.17) is 5.10 Å². The number of aromatic nitrogens is 2. The molecule has 0 aliphatic heterocycles. The summed E-state index contributed by atoms with van der Waals surface area (Å²) in [7, 11) is -3.80. The van der Waals surface area contributed by atoms with E-state index < -0.39 is 10.0 Å². The molecule has 7 heteroatoms. The Morgan fingerprint density at radius 3 is 2.59 bits per heavy atom. The number of anilines is 1. The lowest BCUT2D eigenvalue weighted by Gasteiger charge is -2.10. The van der Waals surface area contributed by atoms with Crippen LogP contribution in [-0.2, 0) is 10.0 Å². The Morgan fingerprint density at radius 1 is 1.00 bits per heavy atom. The third-order valence-corrected chi connectivity index (χ3v) is 7.72. The summed E-state index contributed by atoms with van der Waals surface area (Å²) in [6.45, 7) is 0. The molecule has 2 aromatic heterocycles. The fraction of sp³-hybridized carbons (Fsp3) is 0.227. The van der Waals surface area contributed by atoms with Gasteiger partial charge in [-0.1, -0.05) is 55.3 Å². The highest BCUT2D eigenvalue weighted by molar-refractivity contribution is 7.92. The van der Waals surface area contributed by atoms with Crippen LogP contribution in [0.1, 0.15) is 31.7 Å². The first-order chi connectivity index (χ1) is 14.1. The first-order valence-corrected chi connectivity index (χ1v) is 12.1. The molecule has 0 unspecified atom stereocenters. The van der Waals surface area contributed by atoms with Crippen LogP contribution < -0.4 is 4.72 Å². The van der Waals surface area contributed by atoms with Gasteiger partial charge in [-0.2, -0.15) is 5.10 Å². The van der Waals surface area contributed by atoms with E-state index in [1.165, 1.54) is 11.3 Å². The lowest BCUT2D eigenvalue weighted by atomic mass is 10.1. The van der Waals surface area contributed by atoms with Gasteiger partial charge in [0.15, 0.2) is 0 Å². The Labute approximate surface area is 174 Å². The molecule has 1 saturated carbocycles. The van der Waals surface area contributed by atoms with E-state index in [2.05, 4.69) is 4.72 Å². The number of benzene rings is 2. The van der Waals surface area contributed by atoms with Crippen LogP contribution in [0, 0.1) is 0 Å². The van der Waals surface area contributed by atoms with Crippen molar-refractivity contribution >= 4 is 37.8 Å². The van der Waals surface area contributed by atoms with Gasteiger partial charge in [0, 0.05) is 11.6 Å². The van der Waals surface area contributed by atoms with Crippen molar-refractivity contribution in [2.45, 2.75) is 36.6 Å². The summed E-state index contributed by atoms with van der Waals surface area (Å²) in [6.07, 6.45) is 6.12. The number of hydrogen-bond donors (Lipinski definition) is 1. The Hall–Kier alpha value is -2.64. The van der Waals surface area contributed by atoms with Gasteiger partial charge in [-0.3, -0.25) is 9.40 Å². The van der Waals surface area contributed by atoms with Gasteiger partial charge >= 0.3 is 0 Å². The largest absolute Gasteiger partial charge is 0.279 e. The number of hydrogen-bond acceptors (Lipinski definition) is 4.